The topological polar surface area (TPSA) is 96.2 Å². The van der Waals surface area contributed by atoms with Gasteiger partial charge in [0.05, 0.1) is 29.4 Å². The first-order valence-electron chi connectivity index (χ1n) is 10.1. The molecule has 0 aromatic heterocycles. The predicted molar refractivity (Wildman–Crippen MR) is 124 cm³/mol. The minimum absolute atomic E-state index is 0.131. The molecule has 0 amide bonds. The van der Waals surface area contributed by atoms with Crippen LogP contribution in [0.15, 0.2) is 17.0 Å². The van der Waals surface area contributed by atoms with Gasteiger partial charge in [-0.25, -0.2) is 8.42 Å². The van der Waals surface area contributed by atoms with Gasteiger partial charge in [0, 0.05) is 63.8 Å². The van der Waals surface area contributed by atoms with Crippen LogP contribution < -0.4 is 4.90 Å². The Morgan fingerprint density at radius 1 is 1.29 bits per heavy atom. The van der Waals surface area contributed by atoms with E-state index in [1.165, 1.54) is 17.4 Å². The van der Waals surface area contributed by atoms with Crippen molar-refractivity contribution in [2.24, 2.45) is 0 Å². The fraction of sp³-hybridized carbons (Fsp3) is 0.600. The SMILES string of the molecule is C#Cc1cc([N+](=O)[O-])cc(S(=O)(=O)N(C)CCN2CCOCC2)c1N(CCC)CCBr. The van der Waals surface area contributed by atoms with Gasteiger partial charge in [0.25, 0.3) is 5.69 Å². The van der Waals surface area contributed by atoms with Crippen LogP contribution in [-0.2, 0) is 14.8 Å². The van der Waals surface area contributed by atoms with Crippen molar-refractivity contribution >= 4 is 37.3 Å². The molecule has 1 saturated heterocycles. The molecule has 172 valence electrons. The van der Waals surface area contributed by atoms with Gasteiger partial charge in [-0.1, -0.05) is 28.8 Å². The fourth-order valence-electron chi connectivity index (χ4n) is 3.43. The highest BCUT2D eigenvalue weighted by Crippen LogP contribution is 2.35. The fourth-order valence-corrected chi connectivity index (χ4v) is 5.27. The van der Waals surface area contributed by atoms with E-state index in [0.717, 1.165) is 25.6 Å². The zero-order chi connectivity index (χ0) is 23.0. The molecule has 31 heavy (non-hydrogen) atoms. The lowest BCUT2D eigenvalue weighted by molar-refractivity contribution is -0.385. The summed E-state index contributed by atoms with van der Waals surface area (Å²) >= 11 is 3.40. The van der Waals surface area contributed by atoms with Gasteiger partial charge in [0.1, 0.15) is 4.90 Å². The molecule has 1 heterocycles. The molecule has 1 fully saturated rings. The highest BCUT2D eigenvalue weighted by molar-refractivity contribution is 9.09. The van der Waals surface area contributed by atoms with E-state index in [4.69, 9.17) is 11.2 Å². The van der Waals surface area contributed by atoms with Crippen molar-refractivity contribution in [3.8, 4) is 12.3 Å². The maximum absolute atomic E-state index is 13.5. The van der Waals surface area contributed by atoms with E-state index in [1.54, 1.807) is 0 Å². The molecule has 0 unspecified atom stereocenters. The molecule has 0 atom stereocenters. The van der Waals surface area contributed by atoms with Gasteiger partial charge in [-0.2, -0.15) is 4.31 Å². The Morgan fingerprint density at radius 2 is 1.97 bits per heavy atom. The number of anilines is 1. The van der Waals surface area contributed by atoms with E-state index >= 15 is 0 Å². The van der Waals surface area contributed by atoms with Crippen LogP contribution in [0.25, 0.3) is 0 Å². The maximum Gasteiger partial charge on any atom is 0.272 e. The number of hydrogen-bond acceptors (Lipinski definition) is 7. The smallest absolute Gasteiger partial charge is 0.272 e. The van der Waals surface area contributed by atoms with Crippen molar-refractivity contribution in [3.05, 3.63) is 27.8 Å². The van der Waals surface area contributed by atoms with E-state index in [9.17, 15) is 18.5 Å². The van der Waals surface area contributed by atoms with Crippen LogP contribution in [0.3, 0.4) is 0 Å². The monoisotopic (exact) mass is 516 g/mol. The number of benzene rings is 1. The third-order valence-electron chi connectivity index (χ3n) is 5.11. The van der Waals surface area contributed by atoms with E-state index in [-0.39, 0.29) is 22.7 Å². The van der Waals surface area contributed by atoms with Gasteiger partial charge in [0.15, 0.2) is 0 Å². The first-order valence-corrected chi connectivity index (χ1v) is 12.7. The molecule has 11 heteroatoms. The Balaban J connectivity index is 2.49. The summed E-state index contributed by atoms with van der Waals surface area (Å²) in [6.45, 7) is 6.58. The number of likely N-dealkylation sites (N-methyl/N-ethyl adjacent to an activating group) is 1. The van der Waals surface area contributed by atoms with Crippen LogP contribution in [-0.4, -0.2) is 87.4 Å². The molecular formula is C20H29BrN4O5S. The van der Waals surface area contributed by atoms with Gasteiger partial charge < -0.3 is 9.64 Å². The van der Waals surface area contributed by atoms with Crippen molar-refractivity contribution in [2.75, 3.05) is 69.8 Å². The summed E-state index contributed by atoms with van der Waals surface area (Å²) in [5, 5.41) is 12.1. The molecular weight excluding hydrogens is 488 g/mol. The van der Waals surface area contributed by atoms with Crippen LogP contribution in [0.2, 0.25) is 0 Å². The largest absolute Gasteiger partial charge is 0.379 e. The van der Waals surface area contributed by atoms with E-state index in [2.05, 4.69) is 26.8 Å². The third kappa shape index (κ3) is 6.40. The number of halogens is 1. The molecule has 0 spiro atoms. The summed E-state index contributed by atoms with van der Waals surface area (Å²) in [4.78, 5) is 14.7. The number of terminal acetylenes is 1. The molecule has 1 aliphatic heterocycles. The normalized spacial score (nSPS) is 15.1. The molecule has 9 nitrogen and oxygen atoms in total. The van der Waals surface area contributed by atoms with Gasteiger partial charge in [-0.15, -0.1) is 6.42 Å². The summed E-state index contributed by atoms with van der Waals surface area (Å²) < 4.78 is 33.6. The molecule has 0 aliphatic carbocycles. The Morgan fingerprint density at radius 3 is 2.52 bits per heavy atom. The number of morpholine rings is 1. The van der Waals surface area contributed by atoms with Crippen LogP contribution >= 0.6 is 15.9 Å². The van der Waals surface area contributed by atoms with E-state index in [0.29, 0.717) is 43.9 Å². The average molecular weight is 517 g/mol. The Kier molecular flexibility index (Phi) is 9.71. The quantitative estimate of drug-likeness (QED) is 0.192. The molecule has 0 saturated carbocycles. The van der Waals surface area contributed by atoms with Crippen molar-refractivity contribution in [1.29, 1.82) is 0 Å². The number of hydrogen-bond donors (Lipinski definition) is 0. The molecule has 1 aliphatic rings. The van der Waals surface area contributed by atoms with Gasteiger partial charge >= 0.3 is 0 Å². The lowest BCUT2D eigenvalue weighted by Gasteiger charge is -2.30. The van der Waals surface area contributed by atoms with Crippen LogP contribution in [0.5, 0.6) is 0 Å². The average Bonchev–Trinajstić information content (AvgIpc) is 2.76. The van der Waals surface area contributed by atoms with Gasteiger partial charge in [0.2, 0.25) is 10.0 Å². The number of non-ortho nitro benzene ring substituents is 1. The standard InChI is InChI=1S/C20H29BrN4O5S/c1-4-7-24(8-6-21)20-17(5-2)15-18(25(26)27)16-19(20)31(28,29)22(3)9-10-23-11-13-30-14-12-23/h2,15-16H,4,6-14H2,1,3H3. The number of alkyl halides is 1. The molecule has 1 aromatic rings. The molecule has 0 radical (unpaired) electrons. The first-order chi connectivity index (χ1) is 14.8. The number of rotatable bonds is 11. The summed E-state index contributed by atoms with van der Waals surface area (Å²) in [6.07, 6.45) is 6.42. The summed E-state index contributed by atoms with van der Waals surface area (Å²) in [7, 11) is -2.53. The highest BCUT2D eigenvalue weighted by atomic mass is 79.9. The summed E-state index contributed by atoms with van der Waals surface area (Å²) in [6, 6.07) is 2.38. The maximum atomic E-state index is 13.5. The van der Waals surface area contributed by atoms with Crippen LogP contribution in [0.1, 0.15) is 18.9 Å². The Hall–Kier alpha value is -1.71. The van der Waals surface area contributed by atoms with Gasteiger partial charge in [-0.05, 0) is 6.42 Å². The summed E-state index contributed by atoms with van der Waals surface area (Å²) in [5.41, 5.74) is 0.198. The van der Waals surface area contributed by atoms with Crippen molar-refractivity contribution in [2.45, 2.75) is 18.2 Å². The lowest BCUT2D eigenvalue weighted by Crippen LogP contribution is -2.42. The number of nitrogens with zero attached hydrogens (tertiary/aromatic N) is 4. The van der Waals surface area contributed by atoms with Crippen LogP contribution in [0.4, 0.5) is 11.4 Å². The number of nitro benzene ring substituents is 1. The molecule has 0 bridgehead atoms. The van der Waals surface area contributed by atoms with Gasteiger partial charge in [-0.3, -0.25) is 15.0 Å². The zero-order valence-electron chi connectivity index (χ0n) is 17.9. The van der Waals surface area contributed by atoms with E-state index in [1.807, 2.05) is 11.8 Å². The van der Waals surface area contributed by atoms with E-state index < -0.39 is 14.9 Å². The minimum atomic E-state index is -4.02. The van der Waals surface area contributed by atoms with Crippen LogP contribution in [0, 0.1) is 22.5 Å². The zero-order valence-corrected chi connectivity index (χ0v) is 20.3. The Labute approximate surface area is 192 Å². The third-order valence-corrected chi connectivity index (χ3v) is 7.34. The molecule has 1 aromatic carbocycles. The second-order valence-corrected chi connectivity index (χ2v) is 10.0. The molecule has 0 N–H and O–H groups in total. The number of ether oxygens (including phenoxy) is 1. The van der Waals surface area contributed by atoms with Crippen molar-refractivity contribution in [3.63, 3.8) is 0 Å². The number of sulfonamides is 1. The first kappa shape index (κ1) is 25.5. The molecule has 2 rings (SSSR count). The second kappa shape index (κ2) is 11.8. The summed E-state index contributed by atoms with van der Waals surface area (Å²) in [5.74, 6) is 2.46. The minimum Gasteiger partial charge on any atom is -0.379 e. The lowest BCUT2D eigenvalue weighted by atomic mass is 10.1. The second-order valence-electron chi connectivity index (χ2n) is 7.20. The van der Waals surface area contributed by atoms with Crippen molar-refractivity contribution in [1.82, 2.24) is 9.21 Å². The Bertz CT molecular complexity index is 907. The number of nitro groups is 1. The van der Waals surface area contributed by atoms with Crippen molar-refractivity contribution < 1.29 is 18.1 Å². The highest BCUT2D eigenvalue weighted by Gasteiger charge is 2.31. The predicted octanol–water partition coefficient (Wildman–Crippen LogP) is 2.14.